The van der Waals surface area contributed by atoms with Crippen molar-refractivity contribution in [1.29, 1.82) is 0 Å². The van der Waals surface area contributed by atoms with Crippen LogP contribution < -0.4 is 5.32 Å². The minimum atomic E-state index is -0.789. The number of rotatable bonds is 51. The molecule has 0 aliphatic rings. The standard InChI is InChI=1S/C56H109NO5/c1-4-7-10-13-16-19-22-25-27-28-29-30-33-36-39-42-45-48-54(59)53(51-58)57-55(60)50-52(47-44-41-38-35-32-24-21-18-15-12-9-6-3)62-56(61)49-46-43-40-37-34-31-26-23-20-17-14-11-8-5-2/h35,38,52-54,58-59H,4-34,36-37,39-51H2,1-3H3,(H,57,60)/b38-35-. The highest BCUT2D eigenvalue weighted by atomic mass is 16.5. The number of hydrogen-bond acceptors (Lipinski definition) is 5. The molecule has 0 spiro atoms. The summed E-state index contributed by atoms with van der Waals surface area (Å²) >= 11 is 0. The second-order valence-electron chi connectivity index (χ2n) is 19.3. The Bertz CT molecular complexity index is 939. The van der Waals surface area contributed by atoms with Crippen molar-refractivity contribution in [3.05, 3.63) is 12.2 Å². The van der Waals surface area contributed by atoms with Crippen LogP contribution in [0.2, 0.25) is 0 Å². The van der Waals surface area contributed by atoms with Gasteiger partial charge in [0.2, 0.25) is 5.91 Å². The number of carbonyl (C=O) groups excluding carboxylic acids is 2. The lowest BCUT2D eigenvalue weighted by atomic mass is 10.0. The Morgan fingerprint density at radius 2 is 0.790 bits per heavy atom. The number of carbonyl (C=O) groups is 2. The van der Waals surface area contributed by atoms with E-state index in [9.17, 15) is 19.8 Å². The predicted molar refractivity (Wildman–Crippen MR) is 269 cm³/mol. The highest BCUT2D eigenvalue weighted by Gasteiger charge is 2.24. The topological polar surface area (TPSA) is 95.9 Å². The Kier molecular flexibility index (Phi) is 49.5. The minimum Gasteiger partial charge on any atom is -0.462 e. The molecule has 0 saturated carbocycles. The first kappa shape index (κ1) is 60.6. The zero-order valence-corrected chi connectivity index (χ0v) is 42.0. The third kappa shape index (κ3) is 45.2. The van der Waals surface area contributed by atoms with Gasteiger partial charge in [-0.1, -0.05) is 264 Å². The molecule has 1 amide bonds. The number of unbranched alkanes of at least 4 members (excludes halogenated alkanes) is 37. The normalized spacial score (nSPS) is 13.2. The maximum atomic E-state index is 13.2. The molecule has 3 unspecified atom stereocenters. The van der Waals surface area contributed by atoms with Gasteiger partial charge >= 0.3 is 5.97 Å². The first-order valence-corrected chi connectivity index (χ1v) is 27.9. The fourth-order valence-corrected chi connectivity index (χ4v) is 8.85. The van der Waals surface area contributed by atoms with Crippen LogP contribution in [0.15, 0.2) is 12.2 Å². The second kappa shape index (κ2) is 50.6. The van der Waals surface area contributed by atoms with Crippen LogP contribution in [0.1, 0.15) is 310 Å². The molecule has 0 bridgehead atoms. The van der Waals surface area contributed by atoms with Crippen LogP contribution >= 0.6 is 0 Å². The molecule has 0 saturated heterocycles. The molecule has 3 N–H and O–H groups in total. The lowest BCUT2D eigenvalue weighted by molar-refractivity contribution is -0.151. The Labute approximate surface area is 387 Å². The van der Waals surface area contributed by atoms with Crippen molar-refractivity contribution in [2.75, 3.05) is 6.61 Å². The number of aliphatic hydroxyl groups excluding tert-OH is 2. The monoisotopic (exact) mass is 876 g/mol. The predicted octanol–water partition coefficient (Wildman–Crippen LogP) is 16.9. The van der Waals surface area contributed by atoms with Crippen LogP contribution in [-0.4, -0.2) is 46.9 Å². The van der Waals surface area contributed by atoms with E-state index in [2.05, 4.69) is 38.2 Å². The van der Waals surface area contributed by atoms with Crippen LogP contribution in [0.3, 0.4) is 0 Å². The molecule has 0 heterocycles. The summed E-state index contributed by atoms with van der Waals surface area (Å²) in [4.78, 5) is 26.2. The van der Waals surface area contributed by atoms with Crippen LogP contribution in [0.5, 0.6) is 0 Å². The SMILES string of the molecule is CCCCCCCCC/C=C\CCCC(CC(=O)NC(CO)C(O)CCCCCCCCCCCCCCCCCCC)OC(=O)CCCCCCCCCCCCCCCC. The molecule has 6 heteroatoms. The average molecular weight is 876 g/mol. The quantitative estimate of drug-likeness (QED) is 0.0321. The first-order valence-electron chi connectivity index (χ1n) is 27.9. The zero-order chi connectivity index (χ0) is 45.2. The van der Waals surface area contributed by atoms with E-state index in [0.717, 1.165) is 51.4 Å². The smallest absolute Gasteiger partial charge is 0.306 e. The molecule has 0 aromatic carbocycles. The highest BCUT2D eigenvalue weighted by Crippen LogP contribution is 2.18. The molecule has 0 fully saturated rings. The first-order chi connectivity index (χ1) is 30.5. The lowest BCUT2D eigenvalue weighted by Gasteiger charge is -2.24. The zero-order valence-electron chi connectivity index (χ0n) is 42.0. The van der Waals surface area contributed by atoms with Gasteiger partial charge < -0.3 is 20.3 Å². The van der Waals surface area contributed by atoms with Gasteiger partial charge in [-0.25, -0.2) is 0 Å². The van der Waals surface area contributed by atoms with Gasteiger partial charge in [-0.2, -0.15) is 0 Å². The van der Waals surface area contributed by atoms with E-state index >= 15 is 0 Å². The Morgan fingerprint density at radius 3 is 1.18 bits per heavy atom. The number of amides is 1. The van der Waals surface area contributed by atoms with E-state index in [1.165, 1.54) is 212 Å². The van der Waals surface area contributed by atoms with Gasteiger partial charge in [0.05, 0.1) is 25.2 Å². The van der Waals surface area contributed by atoms with Crippen molar-refractivity contribution < 1.29 is 24.5 Å². The van der Waals surface area contributed by atoms with E-state index in [1.54, 1.807) is 0 Å². The van der Waals surface area contributed by atoms with Gasteiger partial charge in [0.15, 0.2) is 0 Å². The van der Waals surface area contributed by atoms with Crippen molar-refractivity contribution >= 4 is 11.9 Å². The minimum absolute atomic E-state index is 0.0641. The average Bonchev–Trinajstić information content (AvgIpc) is 3.26. The van der Waals surface area contributed by atoms with E-state index < -0.39 is 18.2 Å². The van der Waals surface area contributed by atoms with Gasteiger partial charge in [0.1, 0.15) is 6.10 Å². The van der Waals surface area contributed by atoms with Crippen molar-refractivity contribution in [3.63, 3.8) is 0 Å². The number of hydrogen-bond donors (Lipinski definition) is 3. The molecule has 0 aromatic heterocycles. The van der Waals surface area contributed by atoms with Crippen molar-refractivity contribution in [2.24, 2.45) is 0 Å². The lowest BCUT2D eigenvalue weighted by Crippen LogP contribution is -2.46. The number of aliphatic hydroxyl groups is 2. The number of esters is 1. The Hall–Kier alpha value is -1.40. The summed E-state index contributed by atoms with van der Waals surface area (Å²) in [7, 11) is 0. The van der Waals surface area contributed by atoms with Crippen molar-refractivity contribution in [3.8, 4) is 0 Å². The Balaban J connectivity index is 4.47. The van der Waals surface area contributed by atoms with Crippen molar-refractivity contribution in [1.82, 2.24) is 5.32 Å². The van der Waals surface area contributed by atoms with E-state index in [4.69, 9.17) is 4.74 Å². The van der Waals surface area contributed by atoms with Gasteiger partial charge in [0.25, 0.3) is 0 Å². The number of ether oxygens (including phenoxy) is 1. The molecule has 6 nitrogen and oxygen atoms in total. The van der Waals surface area contributed by atoms with Crippen LogP contribution in [0, 0.1) is 0 Å². The molecule has 368 valence electrons. The summed E-state index contributed by atoms with van der Waals surface area (Å²) in [5.74, 6) is -0.483. The summed E-state index contributed by atoms with van der Waals surface area (Å²) in [5, 5.41) is 23.8. The maximum absolute atomic E-state index is 13.2. The molecule has 3 atom stereocenters. The van der Waals surface area contributed by atoms with Crippen molar-refractivity contribution in [2.45, 2.75) is 328 Å². The Morgan fingerprint density at radius 1 is 0.452 bits per heavy atom. The molecule has 0 aliphatic heterocycles. The highest BCUT2D eigenvalue weighted by molar-refractivity contribution is 5.77. The molecule has 0 aromatic rings. The molecule has 0 aliphatic carbocycles. The van der Waals surface area contributed by atoms with Gasteiger partial charge in [-0.15, -0.1) is 0 Å². The van der Waals surface area contributed by atoms with E-state index in [-0.39, 0.29) is 24.9 Å². The third-order valence-electron chi connectivity index (χ3n) is 13.1. The maximum Gasteiger partial charge on any atom is 0.306 e. The van der Waals surface area contributed by atoms with Crippen LogP contribution in [-0.2, 0) is 14.3 Å². The summed E-state index contributed by atoms with van der Waals surface area (Å²) in [6, 6.07) is -0.704. The van der Waals surface area contributed by atoms with Crippen LogP contribution in [0.4, 0.5) is 0 Å². The fraction of sp³-hybridized carbons (Fsp3) is 0.929. The second-order valence-corrected chi connectivity index (χ2v) is 19.3. The molecule has 0 radical (unpaired) electrons. The largest absolute Gasteiger partial charge is 0.462 e. The van der Waals surface area contributed by atoms with Gasteiger partial charge in [0, 0.05) is 6.42 Å². The molecule has 62 heavy (non-hydrogen) atoms. The summed E-state index contributed by atoms with van der Waals surface area (Å²) < 4.78 is 5.93. The summed E-state index contributed by atoms with van der Waals surface area (Å²) in [6.45, 7) is 6.51. The molecular weight excluding hydrogens is 767 g/mol. The van der Waals surface area contributed by atoms with E-state index in [0.29, 0.717) is 19.3 Å². The number of nitrogens with one attached hydrogen (secondary N) is 1. The van der Waals surface area contributed by atoms with E-state index in [1.807, 2.05) is 0 Å². The van der Waals surface area contributed by atoms with Crippen LogP contribution in [0.25, 0.3) is 0 Å². The number of allylic oxidation sites excluding steroid dienone is 2. The van der Waals surface area contributed by atoms with Gasteiger partial charge in [-0.05, 0) is 44.9 Å². The van der Waals surface area contributed by atoms with Gasteiger partial charge in [-0.3, -0.25) is 9.59 Å². The summed E-state index contributed by atoms with van der Waals surface area (Å²) in [6.07, 6.45) is 57.1. The fourth-order valence-electron chi connectivity index (χ4n) is 8.85. The third-order valence-corrected chi connectivity index (χ3v) is 13.1. The molecule has 0 rings (SSSR count). The molecular formula is C56H109NO5. The summed E-state index contributed by atoms with van der Waals surface area (Å²) in [5.41, 5.74) is 0.